The molecule has 0 amide bonds. The van der Waals surface area contributed by atoms with E-state index in [2.05, 4.69) is 0 Å². The van der Waals surface area contributed by atoms with Crippen molar-refractivity contribution in [3.8, 4) is 0 Å². The minimum absolute atomic E-state index is 0.358. The molecule has 0 heterocycles. The molecule has 2 aliphatic rings. The summed E-state index contributed by atoms with van der Waals surface area (Å²) >= 11 is 0. The van der Waals surface area contributed by atoms with Crippen LogP contribution in [0.1, 0.15) is 70.6 Å². The molecule has 2 saturated carbocycles. The number of ketones is 1. The first kappa shape index (κ1) is 12.1. The monoisotopic (exact) mass is 223 g/mol. The van der Waals surface area contributed by atoms with E-state index in [4.69, 9.17) is 5.73 Å². The molecule has 0 bridgehead atoms. The molecule has 0 aliphatic heterocycles. The quantitative estimate of drug-likeness (QED) is 0.694. The highest BCUT2D eigenvalue weighted by molar-refractivity contribution is 5.88. The van der Waals surface area contributed by atoms with Crippen LogP contribution in [0.25, 0.3) is 0 Å². The smallest absolute Gasteiger partial charge is 0.152 e. The number of nitrogens with two attached hydrogens (primary N) is 1. The lowest BCUT2D eigenvalue weighted by molar-refractivity contribution is -0.126. The summed E-state index contributed by atoms with van der Waals surface area (Å²) in [5, 5.41) is 0. The van der Waals surface area contributed by atoms with Crippen molar-refractivity contribution < 1.29 is 4.79 Å². The molecule has 2 rings (SSSR count). The lowest BCUT2D eigenvalue weighted by atomic mass is 9.74. The van der Waals surface area contributed by atoms with Gasteiger partial charge in [0, 0.05) is 6.42 Å². The van der Waals surface area contributed by atoms with E-state index in [1.54, 1.807) is 0 Å². The highest BCUT2D eigenvalue weighted by Crippen LogP contribution is 2.36. The van der Waals surface area contributed by atoms with E-state index in [-0.39, 0.29) is 0 Å². The zero-order chi connectivity index (χ0) is 11.4. The molecule has 2 nitrogen and oxygen atoms in total. The first-order valence-corrected chi connectivity index (χ1v) is 7.06. The van der Waals surface area contributed by atoms with E-state index in [9.17, 15) is 4.79 Å². The lowest BCUT2D eigenvalue weighted by Gasteiger charge is -2.35. The zero-order valence-electron chi connectivity index (χ0n) is 10.3. The van der Waals surface area contributed by atoms with Crippen molar-refractivity contribution in [2.75, 3.05) is 0 Å². The molecule has 0 spiro atoms. The molecule has 2 aliphatic carbocycles. The van der Waals surface area contributed by atoms with Crippen LogP contribution in [-0.4, -0.2) is 11.3 Å². The van der Waals surface area contributed by atoms with Gasteiger partial charge in [-0.25, -0.2) is 0 Å². The lowest BCUT2D eigenvalue weighted by Crippen LogP contribution is -2.53. The highest BCUT2D eigenvalue weighted by Gasteiger charge is 2.41. The van der Waals surface area contributed by atoms with E-state index in [1.807, 2.05) is 0 Å². The average molecular weight is 223 g/mol. The Balaban J connectivity index is 2.10. The third-order valence-corrected chi connectivity index (χ3v) is 4.60. The molecule has 2 heteroatoms. The van der Waals surface area contributed by atoms with Crippen molar-refractivity contribution in [2.24, 2.45) is 11.7 Å². The molecule has 0 aromatic carbocycles. The van der Waals surface area contributed by atoms with Gasteiger partial charge in [0.05, 0.1) is 5.54 Å². The summed E-state index contributed by atoms with van der Waals surface area (Å²) in [7, 11) is 0. The summed E-state index contributed by atoms with van der Waals surface area (Å²) in [6.07, 6.45) is 12.7. The van der Waals surface area contributed by atoms with Gasteiger partial charge in [0.1, 0.15) is 0 Å². The number of hydrogen-bond donors (Lipinski definition) is 1. The zero-order valence-corrected chi connectivity index (χ0v) is 10.3. The predicted octanol–water partition coefficient (Wildman–Crippen LogP) is 3.19. The third-order valence-electron chi connectivity index (χ3n) is 4.60. The Bertz CT molecular complexity index is 243. The Morgan fingerprint density at radius 3 is 2.25 bits per heavy atom. The fourth-order valence-electron chi connectivity index (χ4n) is 3.48. The SMILES string of the molecule is NC1(C2CCCCCC2)CCCCCC1=O. The molecule has 1 unspecified atom stereocenters. The molecular weight excluding hydrogens is 198 g/mol. The Labute approximate surface area is 99.0 Å². The van der Waals surface area contributed by atoms with Crippen LogP contribution in [0.3, 0.4) is 0 Å². The first-order valence-electron chi connectivity index (χ1n) is 7.06. The Hall–Kier alpha value is -0.370. The number of carbonyl (C=O) groups excluding carboxylic acids is 1. The Morgan fingerprint density at radius 2 is 1.56 bits per heavy atom. The molecule has 0 aromatic heterocycles. The summed E-state index contributed by atoms with van der Waals surface area (Å²) in [6, 6.07) is 0. The highest BCUT2D eigenvalue weighted by atomic mass is 16.1. The number of rotatable bonds is 1. The normalized spacial score (nSPS) is 34.4. The van der Waals surface area contributed by atoms with Gasteiger partial charge in [0.2, 0.25) is 0 Å². The van der Waals surface area contributed by atoms with Gasteiger partial charge < -0.3 is 5.73 Å². The number of Topliss-reactive ketones (excluding diaryl/α,β-unsaturated/α-hetero) is 1. The molecule has 0 radical (unpaired) electrons. The summed E-state index contributed by atoms with van der Waals surface area (Å²) in [5.41, 5.74) is 6.04. The van der Waals surface area contributed by atoms with Crippen molar-refractivity contribution in [3.05, 3.63) is 0 Å². The maximum atomic E-state index is 12.2. The molecular formula is C14H25NO. The van der Waals surface area contributed by atoms with Crippen molar-refractivity contribution >= 4 is 5.78 Å². The van der Waals surface area contributed by atoms with Crippen LogP contribution in [0.4, 0.5) is 0 Å². The second-order valence-electron chi connectivity index (χ2n) is 5.71. The van der Waals surface area contributed by atoms with E-state index in [0.717, 1.165) is 25.7 Å². The second kappa shape index (κ2) is 5.31. The van der Waals surface area contributed by atoms with Gasteiger partial charge in [-0.2, -0.15) is 0 Å². The van der Waals surface area contributed by atoms with Crippen molar-refractivity contribution in [1.29, 1.82) is 0 Å². The average Bonchev–Trinajstić information content (AvgIpc) is 2.63. The Morgan fingerprint density at radius 1 is 0.938 bits per heavy atom. The van der Waals surface area contributed by atoms with Crippen LogP contribution in [0.2, 0.25) is 0 Å². The molecule has 16 heavy (non-hydrogen) atoms. The topological polar surface area (TPSA) is 43.1 Å². The minimum Gasteiger partial charge on any atom is -0.319 e. The van der Waals surface area contributed by atoms with Crippen LogP contribution in [0, 0.1) is 5.92 Å². The summed E-state index contributed by atoms with van der Waals surface area (Å²) < 4.78 is 0. The van der Waals surface area contributed by atoms with Crippen LogP contribution in [-0.2, 0) is 4.79 Å². The van der Waals surface area contributed by atoms with Gasteiger partial charge in [-0.3, -0.25) is 4.79 Å². The summed E-state index contributed by atoms with van der Waals surface area (Å²) in [5.74, 6) is 0.831. The van der Waals surface area contributed by atoms with E-state index in [0.29, 0.717) is 11.7 Å². The van der Waals surface area contributed by atoms with Gasteiger partial charge in [-0.1, -0.05) is 38.5 Å². The first-order chi connectivity index (χ1) is 7.73. The summed E-state index contributed by atoms with van der Waals surface area (Å²) in [6.45, 7) is 0. The van der Waals surface area contributed by atoms with Crippen LogP contribution in [0.5, 0.6) is 0 Å². The van der Waals surface area contributed by atoms with Gasteiger partial charge in [0.25, 0.3) is 0 Å². The minimum atomic E-state index is -0.458. The van der Waals surface area contributed by atoms with Crippen molar-refractivity contribution in [3.63, 3.8) is 0 Å². The molecule has 2 fully saturated rings. The van der Waals surface area contributed by atoms with Crippen LogP contribution < -0.4 is 5.73 Å². The van der Waals surface area contributed by atoms with E-state index < -0.39 is 5.54 Å². The number of carbonyl (C=O) groups is 1. The molecule has 0 aromatic rings. The summed E-state index contributed by atoms with van der Waals surface area (Å²) in [4.78, 5) is 12.2. The fraction of sp³-hybridized carbons (Fsp3) is 0.929. The standard InChI is InChI=1S/C14H25NO/c15-14(11-7-3-6-10-13(14)16)12-8-4-1-2-5-9-12/h12H,1-11,15H2. The molecule has 92 valence electrons. The van der Waals surface area contributed by atoms with Gasteiger partial charge >= 0.3 is 0 Å². The largest absolute Gasteiger partial charge is 0.319 e. The van der Waals surface area contributed by atoms with Gasteiger partial charge in [-0.15, -0.1) is 0 Å². The molecule has 2 N–H and O–H groups in total. The van der Waals surface area contributed by atoms with Gasteiger partial charge in [-0.05, 0) is 31.6 Å². The molecule has 1 atom stereocenters. The van der Waals surface area contributed by atoms with Crippen LogP contribution >= 0.6 is 0 Å². The number of hydrogen-bond acceptors (Lipinski definition) is 2. The van der Waals surface area contributed by atoms with Crippen molar-refractivity contribution in [2.45, 2.75) is 76.2 Å². The second-order valence-corrected chi connectivity index (χ2v) is 5.71. The fourth-order valence-corrected chi connectivity index (χ4v) is 3.48. The van der Waals surface area contributed by atoms with Crippen molar-refractivity contribution in [1.82, 2.24) is 0 Å². The van der Waals surface area contributed by atoms with E-state index >= 15 is 0 Å². The maximum absolute atomic E-state index is 12.2. The van der Waals surface area contributed by atoms with E-state index in [1.165, 1.54) is 44.9 Å². The maximum Gasteiger partial charge on any atom is 0.152 e. The Kier molecular flexibility index (Phi) is 4.01. The van der Waals surface area contributed by atoms with Crippen LogP contribution in [0.15, 0.2) is 0 Å². The molecule has 0 saturated heterocycles. The van der Waals surface area contributed by atoms with Gasteiger partial charge in [0.15, 0.2) is 5.78 Å². The third kappa shape index (κ3) is 2.48. The predicted molar refractivity (Wildman–Crippen MR) is 66.2 cm³/mol.